The first-order valence-corrected chi connectivity index (χ1v) is 25.1. The molecule has 1 aliphatic rings. The van der Waals surface area contributed by atoms with Crippen LogP contribution in [0.5, 0.6) is 0 Å². The first-order chi connectivity index (χ1) is 35.3. The maximum Gasteiger partial charge on any atom is 0.416 e. The number of halogens is 3. The molecule has 1 unspecified atom stereocenters. The summed E-state index contributed by atoms with van der Waals surface area (Å²) >= 11 is 1.56. The number of benzene rings is 3. The van der Waals surface area contributed by atoms with Gasteiger partial charge in [0, 0.05) is 80.7 Å². The average molecular weight is 1050 g/mol. The second-order valence-corrected chi connectivity index (χ2v) is 19.9. The SMILES string of the molecule is Cc1ncsc1-c1ccc(CNC(=O)[C@@H]2C[C@@H](O)CN2C(=O)C(NC(=O)CCOCCC(=O)NCCOCCOCCNC(=O)c2ccc3c(c2)c2cn(C)nc2n3-c2ccc(C(F)(F)F)cc2)C(C)(C)C)cc1. The molecule has 22 heteroatoms. The minimum absolute atomic E-state index is 0.00613. The summed E-state index contributed by atoms with van der Waals surface area (Å²) in [5.41, 5.74) is 5.29. The number of ether oxygens (including phenoxy) is 3. The van der Waals surface area contributed by atoms with Gasteiger partial charge in [-0.05, 0) is 65.9 Å². The van der Waals surface area contributed by atoms with Crippen LogP contribution in [-0.4, -0.2) is 136 Å². The molecule has 7 rings (SSSR count). The van der Waals surface area contributed by atoms with Crippen LogP contribution in [0, 0.1) is 12.3 Å². The number of carbonyl (C=O) groups is 5. The number of aliphatic hydroxyl groups is 1. The maximum absolute atomic E-state index is 13.9. The minimum Gasteiger partial charge on any atom is -0.391 e. The van der Waals surface area contributed by atoms with E-state index in [0.717, 1.165) is 44.6 Å². The van der Waals surface area contributed by atoms with Crippen LogP contribution >= 0.6 is 11.3 Å². The first-order valence-electron chi connectivity index (χ1n) is 24.3. The van der Waals surface area contributed by atoms with Gasteiger partial charge in [0.1, 0.15) is 12.1 Å². The Hall–Kier alpha value is -6.72. The molecule has 0 radical (unpaired) electrons. The number of nitrogens with one attached hydrogen (secondary N) is 4. The molecular weight excluding hydrogens is 984 g/mol. The van der Waals surface area contributed by atoms with Gasteiger partial charge in [-0.1, -0.05) is 45.0 Å². The number of β-amino-alcohol motifs (C(OH)–C–C–N with tert-alkyl or cyclic N) is 1. The normalized spacial score (nSPS) is 15.4. The van der Waals surface area contributed by atoms with E-state index in [1.54, 1.807) is 78.3 Å². The van der Waals surface area contributed by atoms with Crippen molar-refractivity contribution in [2.75, 3.05) is 59.3 Å². The number of hydrogen-bond donors (Lipinski definition) is 5. The summed E-state index contributed by atoms with van der Waals surface area (Å²) in [6, 6.07) is 15.8. The molecule has 4 heterocycles. The zero-order valence-corrected chi connectivity index (χ0v) is 42.7. The molecular formula is C52H62F3N9O9S. The summed E-state index contributed by atoms with van der Waals surface area (Å²) in [6.07, 6.45) is -3.52. The van der Waals surface area contributed by atoms with Crippen molar-refractivity contribution in [1.29, 1.82) is 0 Å². The van der Waals surface area contributed by atoms with Gasteiger partial charge in [-0.2, -0.15) is 18.3 Å². The largest absolute Gasteiger partial charge is 0.416 e. The fraction of sp³-hybridized carbons (Fsp3) is 0.442. The van der Waals surface area contributed by atoms with Crippen LogP contribution in [0.2, 0.25) is 0 Å². The second kappa shape index (κ2) is 24.5. The Bertz CT molecular complexity index is 2910. The van der Waals surface area contributed by atoms with Gasteiger partial charge in [0.25, 0.3) is 5.91 Å². The van der Waals surface area contributed by atoms with Crippen LogP contribution < -0.4 is 21.3 Å². The van der Waals surface area contributed by atoms with Gasteiger partial charge in [-0.3, -0.25) is 33.2 Å². The Morgan fingerprint density at radius 3 is 2.14 bits per heavy atom. The van der Waals surface area contributed by atoms with Crippen molar-refractivity contribution < 1.29 is 56.5 Å². The van der Waals surface area contributed by atoms with Crippen molar-refractivity contribution in [3.05, 3.63) is 101 Å². The fourth-order valence-electron chi connectivity index (χ4n) is 8.55. The molecule has 0 saturated carbocycles. The Morgan fingerprint density at radius 2 is 1.49 bits per heavy atom. The predicted molar refractivity (Wildman–Crippen MR) is 271 cm³/mol. The lowest BCUT2D eigenvalue weighted by Gasteiger charge is -2.35. The van der Waals surface area contributed by atoms with Crippen molar-refractivity contribution in [2.45, 2.75) is 77.9 Å². The third kappa shape index (κ3) is 14.1. The summed E-state index contributed by atoms with van der Waals surface area (Å²) in [5.74, 6) is -1.90. The number of aliphatic hydroxyl groups excluding tert-OH is 1. The number of rotatable bonds is 23. The maximum atomic E-state index is 13.9. The molecule has 1 saturated heterocycles. The quantitative estimate of drug-likeness (QED) is 0.0508. The second-order valence-electron chi connectivity index (χ2n) is 19.0. The highest BCUT2D eigenvalue weighted by Gasteiger charge is 2.44. The standard InChI is InChI=1S/C52H62F3N9O9S/c1-32-45(74-31-59-32)34-8-6-33(7-9-34)28-58-49(69)42-27-38(65)29-63(42)50(70)46(51(2,3)4)60-44(67)17-21-71-20-16-43(66)56-18-22-72-24-25-73-23-19-57-48(68)35-10-15-41-39(26-35)40-30-62(5)61-47(40)64(41)37-13-11-36(12-14-37)52(53,54)55/h6-15,26,30-31,38,42,46,65H,16-25,27-29H2,1-5H3,(H,56,66)(H,57,68)(H,58,69)(H,60,67)/t38-,42+,46?/m1/s1. The first kappa shape index (κ1) is 55.0. The Balaban J connectivity index is 0.736. The Kier molecular flexibility index (Phi) is 18.3. The van der Waals surface area contributed by atoms with E-state index in [-0.39, 0.29) is 96.9 Å². The van der Waals surface area contributed by atoms with Crippen molar-refractivity contribution in [3.8, 4) is 16.1 Å². The topological polar surface area (TPSA) is 220 Å². The lowest BCUT2D eigenvalue weighted by molar-refractivity contribution is -0.144. The van der Waals surface area contributed by atoms with Gasteiger partial charge >= 0.3 is 6.18 Å². The summed E-state index contributed by atoms with van der Waals surface area (Å²) in [5, 5.41) is 27.8. The van der Waals surface area contributed by atoms with Crippen molar-refractivity contribution >= 4 is 62.8 Å². The number of carbonyl (C=O) groups excluding carboxylic acids is 5. The fourth-order valence-corrected chi connectivity index (χ4v) is 9.36. The smallest absolute Gasteiger partial charge is 0.391 e. The predicted octanol–water partition coefficient (Wildman–Crippen LogP) is 5.45. The molecule has 3 atom stereocenters. The molecule has 74 heavy (non-hydrogen) atoms. The van der Waals surface area contributed by atoms with Crippen LogP contribution in [0.15, 0.2) is 78.4 Å². The Morgan fingerprint density at radius 1 is 0.824 bits per heavy atom. The van der Waals surface area contributed by atoms with Gasteiger partial charge in [0.2, 0.25) is 23.6 Å². The number of aryl methyl sites for hydroxylation is 2. The van der Waals surface area contributed by atoms with Crippen LogP contribution in [-0.2, 0) is 53.2 Å². The zero-order chi connectivity index (χ0) is 53.2. The van der Waals surface area contributed by atoms with E-state index < -0.39 is 53.1 Å². The van der Waals surface area contributed by atoms with Crippen LogP contribution in [0.1, 0.15) is 67.2 Å². The van der Waals surface area contributed by atoms with Crippen LogP contribution in [0.4, 0.5) is 13.2 Å². The molecule has 1 fully saturated rings. The molecule has 3 aromatic heterocycles. The molecule has 396 valence electrons. The highest BCUT2D eigenvalue weighted by molar-refractivity contribution is 7.13. The molecule has 18 nitrogen and oxygen atoms in total. The van der Waals surface area contributed by atoms with E-state index >= 15 is 0 Å². The number of hydrogen-bond acceptors (Lipinski definition) is 12. The number of thiazole rings is 1. The van der Waals surface area contributed by atoms with Gasteiger partial charge < -0.3 is 45.5 Å². The minimum atomic E-state index is -4.46. The summed E-state index contributed by atoms with van der Waals surface area (Å²) < 4.78 is 59.6. The number of likely N-dealkylation sites (tertiary alicyclic amines) is 1. The van der Waals surface area contributed by atoms with Crippen LogP contribution in [0.25, 0.3) is 38.1 Å². The van der Waals surface area contributed by atoms with E-state index in [9.17, 15) is 42.3 Å². The molecule has 5 N–H and O–H groups in total. The number of amides is 5. The monoisotopic (exact) mass is 1050 g/mol. The number of alkyl halides is 3. The van der Waals surface area contributed by atoms with Crippen molar-refractivity contribution in [1.82, 2.24) is 45.5 Å². The highest BCUT2D eigenvalue weighted by Crippen LogP contribution is 2.35. The lowest BCUT2D eigenvalue weighted by atomic mass is 9.85. The van der Waals surface area contributed by atoms with Gasteiger partial charge in [0.15, 0.2) is 5.65 Å². The molecule has 0 spiro atoms. The average Bonchev–Trinajstić information content (AvgIpc) is 4.14. The summed E-state index contributed by atoms with van der Waals surface area (Å²) in [7, 11) is 1.74. The molecule has 0 bridgehead atoms. The number of fused-ring (bicyclic) bond motifs is 3. The van der Waals surface area contributed by atoms with Crippen molar-refractivity contribution in [2.24, 2.45) is 12.5 Å². The molecule has 3 aromatic carbocycles. The lowest BCUT2D eigenvalue weighted by Crippen LogP contribution is -2.57. The number of nitrogens with zero attached hydrogens (tertiary/aromatic N) is 5. The molecule has 5 amide bonds. The summed E-state index contributed by atoms with van der Waals surface area (Å²) in [6.45, 7) is 9.07. The van der Waals surface area contributed by atoms with Crippen LogP contribution in [0.3, 0.4) is 0 Å². The Labute approximate surface area is 429 Å². The van der Waals surface area contributed by atoms with E-state index in [1.165, 1.54) is 17.0 Å². The third-order valence-corrected chi connectivity index (χ3v) is 13.4. The molecule has 6 aromatic rings. The van der Waals surface area contributed by atoms with E-state index in [2.05, 4.69) is 31.3 Å². The van der Waals surface area contributed by atoms with Gasteiger partial charge in [-0.15, -0.1) is 11.3 Å². The van der Waals surface area contributed by atoms with E-state index in [1.807, 2.05) is 31.2 Å². The van der Waals surface area contributed by atoms with E-state index in [4.69, 9.17) is 14.2 Å². The van der Waals surface area contributed by atoms with Gasteiger partial charge in [0.05, 0.1) is 72.9 Å². The van der Waals surface area contributed by atoms with Crippen molar-refractivity contribution in [3.63, 3.8) is 0 Å². The highest BCUT2D eigenvalue weighted by atomic mass is 32.1. The summed E-state index contributed by atoms with van der Waals surface area (Å²) in [4.78, 5) is 72.5. The van der Waals surface area contributed by atoms with E-state index in [0.29, 0.717) is 22.4 Å². The molecule has 0 aliphatic carbocycles. The third-order valence-electron chi connectivity index (χ3n) is 12.4. The van der Waals surface area contributed by atoms with Gasteiger partial charge in [-0.25, -0.2) is 4.98 Å². The molecule has 1 aliphatic heterocycles. The number of aromatic nitrogens is 4. The zero-order valence-electron chi connectivity index (χ0n) is 41.9.